The summed E-state index contributed by atoms with van der Waals surface area (Å²) in [7, 11) is 0. The first-order valence-corrected chi connectivity index (χ1v) is 22.4. The molecule has 9 aromatic carbocycles. The van der Waals surface area contributed by atoms with Crippen LogP contribution in [0, 0.1) is 41.5 Å². The number of anilines is 6. The van der Waals surface area contributed by atoms with Gasteiger partial charge in [0.25, 0.3) is 0 Å². The minimum Gasteiger partial charge on any atom is -0.310 e. The Balaban J connectivity index is 1.27. The van der Waals surface area contributed by atoms with Crippen molar-refractivity contribution in [1.82, 2.24) is 0 Å². The van der Waals surface area contributed by atoms with Crippen LogP contribution >= 0.6 is 0 Å². The third-order valence-electron chi connectivity index (χ3n) is 14.3. The second kappa shape index (κ2) is 14.9. The molecule has 0 radical (unpaired) electrons. The number of nitrogens with zero attached hydrogens (tertiary/aromatic N) is 2. The van der Waals surface area contributed by atoms with Crippen LogP contribution in [0.15, 0.2) is 158 Å². The van der Waals surface area contributed by atoms with Crippen LogP contribution in [0.25, 0.3) is 43.8 Å². The summed E-state index contributed by atoms with van der Waals surface area (Å²) in [5, 5.41) is 5.06. The number of hydrogen-bond acceptors (Lipinski definition) is 2. The molecule has 0 atom stereocenters. The second-order valence-electron chi connectivity index (χ2n) is 17.9. The fraction of sp³-hybridized carbons (Fsp3) is 0.167. The van der Waals surface area contributed by atoms with Crippen LogP contribution in [0.1, 0.15) is 55.6 Å². The molecular weight excluding hydrogens is 749 g/mol. The molecule has 2 aliphatic heterocycles. The highest BCUT2D eigenvalue weighted by molar-refractivity contribution is 6.23. The summed E-state index contributed by atoms with van der Waals surface area (Å²) in [5.74, 6) is 0. The summed E-state index contributed by atoms with van der Waals surface area (Å²) in [5.41, 5.74) is 26.0. The fourth-order valence-electron chi connectivity index (χ4n) is 10.6. The molecule has 302 valence electrons. The summed E-state index contributed by atoms with van der Waals surface area (Å²) in [6, 6.07) is 60.3. The highest BCUT2D eigenvalue weighted by atomic mass is 15.2. The van der Waals surface area contributed by atoms with Gasteiger partial charge in [-0.1, -0.05) is 109 Å². The SMILES string of the molecule is Cc1cc(-c2c3ccc(N4c5ccccc5CCc5ccccc54)cc3c(-c3cc(C)c(C)c(C)c3)c3ccc(N4c5ccccc5CCc5ccccc54)cc23)cc(C)c1C. The average Bonchev–Trinajstić information content (AvgIpc) is 3.57. The zero-order valence-corrected chi connectivity index (χ0v) is 36.7. The van der Waals surface area contributed by atoms with Gasteiger partial charge in [-0.3, -0.25) is 0 Å². The van der Waals surface area contributed by atoms with Crippen LogP contribution in [-0.4, -0.2) is 0 Å². The minimum atomic E-state index is 1.01. The molecule has 11 rings (SSSR count). The highest BCUT2D eigenvalue weighted by Crippen LogP contribution is 2.51. The van der Waals surface area contributed by atoms with Crippen LogP contribution in [0.5, 0.6) is 0 Å². The van der Waals surface area contributed by atoms with Crippen molar-refractivity contribution in [3.8, 4) is 22.3 Å². The van der Waals surface area contributed by atoms with Crippen molar-refractivity contribution in [2.75, 3.05) is 9.80 Å². The van der Waals surface area contributed by atoms with Gasteiger partial charge in [-0.05, 0) is 215 Å². The Bertz CT molecular complexity index is 2910. The van der Waals surface area contributed by atoms with E-state index in [1.165, 1.54) is 134 Å². The van der Waals surface area contributed by atoms with Gasteiger partial charge < -0.3 is 9.80 Å². The Hall–Kier alpha value is -6.90. The summed E-state index contributed by atoms with van der Waals surface area (Å²) in [6.45, 7) is 13.6. The third-order valence-corrected chi connectivity index (χ3v) is 14.3. The van der Waals surface area contributed by atoms with E-state index in [2.05, 4.69) is 209 Å². The molecule has 2 aliphatic rings. The first kappa shape index (κ1) is 38.1. The number of para-hydroxylation sites is 4. The maximum Gasteiger partial charge on any atom is 0.0493 e. The van der Waals surface area contributed by atoms with Gasteiger partial charge in [0, 0.05) is 34.1 Å². The van der Waals surface area contributed by atoms with Crippen LogP contribution < -0.4 is 9.80 Å². The van der Waals surface area contributed by atoms with Gasteiger partial charge in [0.05, 0.1) is 0 Å². The molecule has 0 spiro atoms. The summed E-state index contributed by atoms with van der Waals surface area (Å²) < 4.78 is 0. The number of hydrogen-bond donors (Lipinski definition) is 0. The van der Waals surface area contributed by atoms with Crippen LogP contribution in [0.2, 0.25) is 0 Å². The smallest absolute Gasteiger partial charge is 0.0493 e. The van der Waals surface area contributed by atoms with Crippen molar-refractivity contribution in [2.24, 2.45) is 0 Å². The maximum absolute atomic E-state index is 2.52. The summed E-state index contributed by atoms with van der Waals surface area (Å²) >= 11 is 0. The Morgan fingerprint density at radius 3 is 0.903 bits per heavy atom. The van der Waals surface area contributed by atoms with E-state index >= 15 is 0 Å². The van der Waals surface area contributed by atoms with Crippen LogP contribution in [-0.2, 0) is 25.7 Å². The van der Waals surface area contributed by atoms with E-state index in [0.29, 0.717) is 0 Å². The van der Waals surface area contributed by atoms with E-state index in [-0.39, 0.29) is 0 Å². The molecule has 0 saturated heterocycles. The van der Waals surface area contributed by atoms with Gasteiger partial charge in [0.2, 0.25) is 0 Å². The number of fused-ring (bicyclic) bond motifs is 6. The zero-order valence-electron chi connectivity index (χ0n) is 36.7. The molecule has 0 aliphatic carbocycles. The lowest BCUT2D eigenvalue weighted by Crippen LogP contribution is -2.12. The molecule has 0 unspecified atom stereocenters. The molecule has 0 saturated carbocycles. The number of aryl methyl sites for hydroxylation is 8. The summed E-state index contributed by atoms with van der Waals surface area (Å²) in [6.07, 6.45) is 4.05. The highest BCUT2D eigenvalue weighted by Gasteiger charge is 2.27. The van der Waals surface area contributed by atoms with E-state index in [9.17, 15) is 0 Å². The largest absolute Gasteiger partial charge is 0.310 e. The minimum absolute atomic E-state index is 1.01. The average molecular weight is 801 g/mol. The Kier molecular flexibility index (Phi) is 9.16. The first-order chi connectivity index (χ1) is 30.2. The molecule has 2 nitrogen and oxygen atoms in total. The molecule has 2 heteroatoms. The third kappa shape index (κ3) is 6.15. The van der Waals surface area contributed by atoms with Gasteiger partial charge in [-0.15, -0.1) is 0 Å². The van der Waals surface area contributed by atoms with Crippen LogP contribution in [0.4, 0.5) is 34.1 Å². The van der Waals surface area contributed by atoms with Crippen LogP contribution in [0.3, 0.4) is 0 Å². The van der Waals surface area contributed by atoms with Crippen molar-refractivity contribution < 1.29 is 0 Å². The van der Waals surface area contributed by atoms with Crippen molar-refractivity contribution in [1.29, 1.82) is 0 Å². The Labute approximate surface area is 366 Å². The van der Waals surface area contributed by atoms with E-state index in [4.69, 9.17) is 0 Å². The second-order valence-corrected chi connectivity index (χ2v) is 17.9. The first-order valence-electron chi connectivity index (χ1n) is 22.4. The topological polar surface area (TPSA) is 6.48 Å². The van der Waals surface area contributed by atoms with Crippen molar-refractivity contribution in [3.63, 3.8) is 0 Å². The van der Waals surface area contributed by atoms with Gasteiger partial charge in [-0.2, -0.15) is 0 Å². The zero-order chi connectivity index (χ0) is 42.2. The van der Waals surface area contributed by atoms with Crippen molar-refractivity contribution >= 4 is 55.7 Å². The van der Waals surface area contributed by atoms with Gasteiger partial charge in [-0.25, -0.2) is 0 Å². The molecule has 0 amide bonds. The molecule has 0 fully saturated rings. The van der Waals surface area contributed by atoms with E-state index in [0.717, 1.165) is 25.7 Å². The normalized spacial score (nSPS) is 13.3. The quantitative estimate of drug-likeness (QED) is 0.164. The van der Waals surface area contributed by atoms with Gasteiger partial charge >= 0.3 is 0 Å². The monoisotopic (exact) mass is 800 g/mol. The Morgan fingerprint density at radius 1 is 0.306 bits per heavy atom. The summed E-state index contributed by atoms with van der Waals surface area (Å²) in [4.78, 5) is 5.04. The lowest BCUT2D eigenvalue weighted by atomic mass is 9.83. The van der Waals surface area contributed by atoms with Crippen molar-refractivity contribution in [3.05, 3.63) is 213 Å². The van der Waals surface area contributed by atoms with E-state index < -0.39 is 0 Å². The lowest BCUT2D eigenvalue weighted by molar-refractivity contribution is 0.977. The van der Waals surface area contributed by atoms with E-state index in [1.54, 1.807) is 0 Å². The fourth-order valence-corrected chi connectivity index (χ4v) is 10.6. The van der Waals surface area contributed by atoms with Gasteiger partial charge in [0.1, 0.15) is 0 Å². The Morgan fingerprint density at radius 2 is 0.597 bits per heavy atom. The van der Waals surface area contributed by atoms with E-state index in [1.807, 2.05) is 0 Å². The predicted octanol–water partition coefficient (Wildman–Crippen LogP) is 16.3. The molecule has 0 bridgehead atoms. The molecule has 62 heavy (non-hydrogen) atoms. The maximum atomic E-state index is 2.52. The van der Waals surface area contributed by atoms with Crippen molar-refractivity contribution in [2.45, 2.75) is 67.2 Å². The van der Waals surface area contributed by atoms with Gasteiger partial charge in [0.15, 0.2) is 0 Å². The molecule has 0 aromatic heterocycles. The standard InChI is InChI=1S/C60H52N2/c1-37-31-47(32-38(2)41(37)5)59-51-29-27-50(62-57-21-13-9-17-45(57)25-26-46-18-10-14-22-58(46)62)36-54(51)60(48-33-39(3)42(6)40(4)34-48)52-30-28-49(35-53(52)59)61-55-19-11-7-15-43(55)23-24-44-16-8-12-20-56(44)61/h7-22,27-36H,23-26H2,1-6H3. The predicted molar refractivity (Wildman–Crippen MR) is 265 cm³/mol. The molecular formula is C60H52N2. The lowest BCUT2D eigenvalue weighted by Gasteiger charge is -2.29. The number of benzene rings is 9. The number of rotatable bonds is 4. The molecule has 9 aromatic rings. The molecule has 2 heterocycles. The molecule has 0 N–H and O–H groups in total.